The van der Waals surface area contributed by atoms with Crippen LogP contribution in [0.15, 0.2) is 6.33 Å². The van der Waals surface area contributed by atoms with Gasteiger partial charge in [-0.1, -0.05) is 0 Å². The van der Waals surface area contributed by atoms with Crippen LogP contribution in [0.4, 0.5) is 0 Å². The molecule has 1 aromatic rings. The molecule has 0 radical (unpaired) electrons. The molecule has 0 aromatic carbocycles. The maximum atomic E-state index is 10.9. The van der Waals surface area contributed by atoms with E-state index in [0.717, 1.165) is 6.33 Å². The molecule has 92 valence electrons. The summed E-state index contributed by atoms with van der Waals surface area (Å²) in [7, 11) is -10.9. The molecular weight excluding hydrogens is 264 g/mol. The third-order valence-corrected chi connectivity index (χ3v) is 5.55. The molecule has 10 nitrogen and oxygen atoms in total. The minimum Gasteiger partial charge on any atom is -0.367 e. The fraction of sp³-hybridized carbons (Fsp3) is 0.500. The summed E-state index contributed by atoms with van der Waals surface area (Å²) in [6, 6.07) is 0. The molecule has 0 unspecified atom stereocenters. The molecule has 0 fully saturated rings. The number of H-pyrrole nitrogens is 1. The van der Waals surface area contributed by atoms with Crippen LogP contribution in [0, 0.1) is 0 Å². The molecule has 0 saturated heterocycles. The number of rotatable bonds is 4. The zero-order valence-corrected chi connectivity index (χ0v) is 9.41. The van der Waals surface area contributed by atoms with E-state index in [-0.39, 0.29) is 5.82 Å². The lowest BCUT2D eigenvalue weighted by Crippen LogP contribution is -2.31. The summed E-state index contributed by atoms with van der Waals surface area (Å²) < 4.78 is 21.8. The summed E-state index contributed by atoms with van der Waals surface area (Å²) in [4.78, 5) is 38.5. The Morgan fingerprint density at radius 1 is 1.25 bits per heavy atom. The third-order valence-electron chi connectivity index (χ3n) is 1.80. The van der Waals surface area contributed by atoms with Crippen molar-refractivity contribution >= 4 is 15.2 Å². The fourth-order valence-electron chi connectivity index (χ4n) is 0.916. The van der Waals surface area contributed by atoms with E-state index in [1.807, 2.05) is 0 Å². The molecule has 16 heavy (non-hydrogen) atoms. The van der Waals surface area contributed by atoms with Crippen molar-refractivity contribution in [3.8, 4) is 0 Å². The maximum absolute atomic E-state index is 10.9. The smallest absolute Gasteiger partial charge is 0.367 e. The number of nitrogens with one attached hydrogen (secondary N) is 1. The highest BCUT2D eigenvalue weighted by Gasteiger charge is 2.59. The Labute approximate surface area is 88.7 Å². The van der Waals surface area contributed by atoms with Crippen molar-refractivity contribution in [1.29, 1.82) is 0 Å². The molecule has 0 spiro atoms. The van der Waals surface area contributed by atoms with Gasteiger partial charge < -0.3 is 24.7 Å². The van der Waals surface area contributed by atoms with Gasteiger partial charge in [-0.05, 0) is 0 Å². The van der Waals surface area contributed by atoms with E-state index < -0.39 is 26.7 Å². The van der Waals surface area contributed by atoms with Crippen molar-refractivity contribution in [2.75, 3.05) is 0 Å². The topological polar surface area (TPSA) is 177 Å². The number of aromatic amines is 1. The Kier molecular flexibility index (Phi) is 3.37. The predicted molar refractivity (Wildman–Crippen MR) is 49.1 cm³/mol. The van der Waals surface area contributed by atoms with E-state index in [4.69, 9.17) is 19.6 Å². The summed E-state index contributed by atoms with van der Waals surface area (Å²) >= 11 is 0. The monoisotopic (exact) mass is 273 g/mol. The van der Waals surface area contributed by atoms with Gasteiger partial charge in [0.15, 0.2) is 0 Å². The van der Waals surface area contributed by atoms with Gasteiger partial charge in [-0.25, -0.2) is 4.98 Å². The molecule has 0 amide bonds. The highest BCUT2D eigenvalue weighted by atomic mass is 31.2. The third kappa shape index (κ3) is 2.38. The van der Waals surface area contributed by atoms with Crippen LogP contribution in [0.25, 0.3) is 0 Å². The van der Waals surface area contributed by atoms with E-state index in [2.05, 4.69) is 15.2 Å². The van der Waals surface area contributed by atoms with Crippen LogP contribution < -0.4 is 0 Å². The minimum atomic E-state index is -5.45. The summed E-state index contributed by atoms with van der Waals surface area (Å²) in [6.07, 6.45) is -0.0728. The van der Waals surface area contributed by atoms with E-state index in [1.54, 1.807) is 0 Å². The Hall–Kier alpha value is -0.600. The zero-order valence-electron chi connectivity index (χ0n) is 7.63. The van der Waals surface area contributed by atoms with Gasteiger partial charge in [0.1, 0.15) is 12.2 Å². The average Bonchev–Trinajstić information content (AvgIpc) is 2.52. The van der Waals surface area contributed by atoms with Gasteiger partial charge in [0, 0.05) is 0 Å². The van der Waals surface area contributed by atoms with Crippen molar-refractivity contribution in [3.05, 3.63) is 12.2 Å². The zero-order chi connectivity index (χ0) is 12.6. The molecule has 1 heterocycles. The van der Waals surface area contributed by atoms with Crippen molar-refractivity contribution in [2.24, 2.45) is 0 Å². The van der Waals surface area contributed by atoms with Crippen LogP contribution in [0.1, 0.15) is 5.82 Å². The first kappa shape index (κ1) is 13.5. The van der Waals surface area contributed by atoms with E-state index >= 15 is 0 Å². The van der Waals surface area contributed by atoms with Gasteiger partial charge in [0.25, 0.3) is 5.08 Å². The van der Waals surface area contributed by atoms with Crippen molar-refractivity contribution in [1.82, 2.24) is 15.2 Å². The van der Waals surface area contributed by atoms with Gasteiger partial charge in [0.05, 0.1) is 6.42 Å². The highest BCUT2D eigenvalue weighted by molar-refractivity contribution is 7.72. The van der Waals surface area contributed by atoms with Gasteiger partial charge in [-0.3, -0.25) is 14.2 Å². The lowest BCUT2D eigenvalue weighted by atomic mass is 10.4. The van der Waals surface area contributed by atoms with Gasteiger partial charge in [-0.15, -0.1) is 0 Å². The second kappa shape index (κ2) is 4.01. The van der Waals surface area contributed by atoms with Crippen LogP contribution in [-0.2, 0) is 15.6 Å². The van der Waals surface area contributed by atoms with Crippen LogP contribution >= 0.6 is 15.2 Å². The standard InChI is InChI=1S/C4H9N3O7P2/c8-4(15(9,10)11,16(12,13)14)1-3-5-2-6-7-3/h2,8H,1H2,(H,5,6,7)(H2,9,10,11)(H2,12,13,14). The first-order chi connectivity index (χ1) is 7.08. The van der Waals surface area contributed by atoms with Crippen LogP contribution in [0.3, 0.4) is 0 Å². The number of hydrogen-bond donors (Lipinski definition) is 6. The molecule has 1 aromatic heterocycles. The summed E-state index contributed by atoms with van der Waals surface area (Å²) in [6.45, 7) is 0. The quantitative estimate of drug-likeness (QED) is 0.350. The van der Waals surface area contributed by atoms with Crippen LogP contribution in [0.5, 0.6) is 0 Å². The van der Waals surface area contributed by atoms with Crippen LogP contribution in [-0.4, -0.2) is 44.9 Å². The second-order valence-electron chi connectivity index (χ2n) is 2.97. The lowest BCUT2D eigenvalue weighted by molar-refractivity contribution is 0.129. The Morgan fingerprint density at radius 3 is 2.06 bits per heavy atom. The number of hydrogen-bond acceptors (Lipinski definition) is 5. The molecule has 0 saturated carbocycles. The number of aromatic nitrogens is 3. The van der Waals surface area contributed by atoms with Crippen molar-refractivity contribution in [2.45, 2.75) is 11.5 Å². The predicted octanol–water partition coefficient (Wildman–Crippen LogP) is -1.65. The Morgan fingerprint density at radius 2 is 1.75 bits per heavy atom. The highest BCUT2D eigenvalue weighted by Crippen LogP contribution is 2.68. The Bertz CT molecular complexity index is 424. The average molecular weight is 273 g/mol. The van der Waals surface area contributed by atoms with E-state index in [9.17, 15) is 14.2 Å². The van der Waals surface area contributed by atoms with Gasteiger partial charge in [-0.2, -0.15) is 5.10 Å². The Balaban J connectivity index is 3.18. The molecule has 6 N–H and O–H groups in total. The summed E-state index contributed by atoms with van der Waals surface area (Å²) in [5.41, 5.74) is 0. The van der Waals surface area contributed by atoms with Gasteiger partial charge >= 0.3 is 15.2 Å². The fourth-order valence-corrected chi connectivity index (χ4v) is 2.99. The molecule has 0 atom stereocenters. The second-order valence-corrected chi connectivity index (χ2v) is 6.98. The molecule has 12 heteroatoms. The molecule has 0 aliphatic rings. The molecule has 0 aliphatic carbocycles. The van der Waals surface area contributed by atoms with Crippen molar-refractivity contribution < 1.29 is 33.8 Å². The van der Waals surface area contributed by atoms with Crippen molar-refractivity contribution in [3.63, 3.8) is 0 Å². The SMILES string of the molecule is O=P(O)(O)C(O)(Cc1ncn[nH]1)P(=O)(O)O. The van der Waals surface area contributed by atoms with Crippen LogP contribution in [0.2, 0.25) is 0 Å². The molecule has 0 bridgehead atoms. The first-order valence-corrected chi connectivity index (χ1v) is 6.98. The molecule has 1 rings (SSSR count). The maximum Gasteiger partial charge on any atom is 0.369 e. The summed E-state index contributed by atoms with van der Waals surface area (Å²) in [5.74, 6) is -0.255. The molecule has 0 aliphatic heterocycles. The largest absolute Gasteiger partial charge is 0.369 e. The van der Waals surface area contributed by atoms with E-state index in [0.29, 0.717) is 0 Å². The lowest BCUT2D eigenvalue weighted by Gasteiger charge is -2.28. The van der Waals surface area contributed by atoms with Gasteiger partial charge in [0.2, 0.25) is 0 Å². The summed E-state index contributed by atoms with van der Waals surface area (Å²) in [5, 5.41) is 11.4. The molecular formula is C4H9N3O7P2. The minimum absolute atomic E-state index is 0.255. The normalized spacial score (nSPS) is 14.1. The first-order valence-electron chi connectivity index (χ1n) is 3.76. The van der Waals surface area contributed by atoms with E-state index in [1.165, 1.54) is 0 Å². The number of aliphatic hydroxyl groups is 1. The number of nitrogens with zero attached hydrogens (tertiary/aromatic N) is 2.